The average Bonchev–Trinajstić information content (AvgIpc) is 2.61. The van der Waals surface area contributed by atoms with Crippen molar-refractivity contribution in [2.75, 3.05) is 13.7 Å². The van der Waals surface area contributed by atoms with E-state index < -0.39 is 0 Å². The van der Waals surface area contributed by atoms with E-state index in [-0.39, 0.29) is 11.7 Å². The zero-order valence-electron chi connectivity index (χ0n) is 10.5. The normalized spacial score (nSPS) is 17.4. The molecule has 0 aromatic heterocycles. The predicted octanol–water partition coefficient (Wildman–Crippen LogP) is 2.62. The third kappa shape index (κ3) is 2.90. The van der Waals surface area contributed by atoms with Crippen molar-refractivity contribution < 1.29 is 14.6 Å². The quantitative estimate of drug-likeness (QED) is 0.686. The summed E-state index contributed by atoms with van der Waals surface area (Å²) in [4.78, 5) is 13.8. The summed E-state index contributed by atoms with van der Waals surface area (Å²) in [7, 11) is 1.65. The summed E-state index contributed by atoms with van der Waals surface area (Å²) >= 11 is 6.30. The summed E-state index contributed by atoms with van der Waals surface area (Å²) in [5.74, 6) is 0.369. The Bertz CT molecular complexity index is 569. The SMILES string of the molecule is CCOc1ccc(/C=C2\SC(=S)N(C)C2=O)cc1O. The number of likely N-dealkylation sites (N-methyl/N-ethyl adjacent to an activating group) is 1. The van der Waals surface area contributed by atoms with E-state index >= 15 is 0 Å². The van der Waals surface area contributed by atoms with Gasteiger partial charge in [0.1, 0.15) is 4.32 Å². The van der Waals surface area contributed by atoms with Gasteiger partial charge in [-0.25, -0.2) is 0 Å². The monoisotopic (exact) mass is 295 g/mol. The van der Waals surface area contributed by atoms with E-state index in [1.807, 2.05) is 6.92 Å². The molecule has 4 nitrogen and oxygen atoms in total. The molecule has 0 atom stereocenters. The third-order valence-electron chi connectivity index (χ3n) is 2.57. The van der Waals surface area contributed by atoms with Crippen molar-refractivity contribution in [2.24, 2.45) is 0 Å². The van der Waals surface area contributed by atoms with E-state index in [0.29, 0.717) is 21.6 Å². The molecule has 100 valence electrons. The first kappa shape index (κ1) is 13.9. The van der Waals surface area contributed by atoms with Crippen molar-refractivity contribution in [1.82, 2.24) is 4.90 Å². The first-order valence-corrected chi connectivity index (χ1v) is 6.92. The second kappa shape index (κ2) is 5.63. The van der Waals surface area contributed by atoms with Crippen LogP contribution < -0.4 is 4.74 Å². The van der Waals surface area contributed by atoms with Crippen molar-refractivity contribution >= 4 is 40.3 Å². The molecular weight excluding hydrogens is 282 g/mol. The molecule has 1 saturated heterocycles. The number of hydrogen-bond donors (Lipinski definition) is 1. The van der Waals surface area contributed by atoms with E-state index in [4.69, 9.17) is 17.0 Å². The van der Waals surface area contributed by atoms with Crippen LogP contribution in [0, 0.1) is 0 Å². The summed E-state index contributed by atoms with van der Waals surface area (Å²) in [6.07, 6.45) is 1.71. The summed E-state index contributed by atoms with van der Waals surface area (Å²) in [5, 5.41) is 9.78. The van der Waals surface area contributed by atoms with E-state index in [0.717, 1.165) is 5.56 Å². The lowest BCUT2D eigenvalue weighted by Crippen LogP contribution is -2.22. The smallest absolute Gasteiger partial charge is 0.265 e. The lowest BCUT2D eigenvalue weighted by molar-refractivity contribution is -0.121. The molecule has 1 aromatic rings. The van der Waals surface area contributed by atoms with Gasteiger partial charge in [-0.1, -0.05) is 30.0 Å². The molecule has 2 rings (SSSR count). The van der Waals surface area contributed by atoms with Crippen LogP contribution in [0.1, 0.15) is 12.5 Å². The second-order valence-corrected chi connectivity index (χ2v) is 5.58. The number of thiocarbonyl (C=S) groups is 1. The Morgan fingerprint density at radius 3 is 2.79 bits per heavy atom. The van der Waals surface area contributed by atoms with Crippen molar-refractivity contribution in [3.8, 4) is 11.5 Å². The maximum absolute atomic E-state index is 11.8. The minimum Gasteiger partial charge on any atom is -0.504 e. The van der Waals surface area contributed by atoms with Gasteiger partial charge in [0, 0.05) is 7.05 Å². The van der Waals surface area contributed by atoms with Crippen LogP contribution >= 0.6 is 24.0 Å². The molecular formula is C13H13NO3S2. The zero-order valence-corrected chi connectivity index (χ0v) is 12.2. The average molecular weight is 295 g/mol. The first-order valence-electron chi connectivity index (χ1n) is 5.70. The van der Waals surface area contributed by atoms with Crippen LogP contribution in [0.2, 0.25) is 0 Å². The van der Waals surface area contributed by atoms with Gasteiger partial charge in [-0.2, -0.15) is 0 Å². The Kier molecular flexibility index (Phi) is 4.11. The van der Waals surface area contributed by atoms with Gasteiger partial charge >= 0.3 is 0 Å². The highest BCUT2D eigenvalue weighted by molar-refractivity contribution is 8.26. The molecule has 1 N–H and O–H groups in total. The Morgan fingerprint density at radius 1 is 1.53 bits per heavy atom. The minimum absolute atomic E-state index is 0.0579. The van der Waals surface area contributed by atoms with Crippen LogP contribution in [0.5, 0.6) is 11.5 Å². The van der Waals surface area contributed by atoms with E-state index in [2.05, 4.69) is 0 Å². The highest BCUT2D eigenvalue weighted by Gasteiger charge is 2.28. The fraction of sp³-hybridized carbons (Fsp3) is 0.231. The zero-order chi connectivity index (χ0) is 14.0. The fourth-order valence-corrected chi connectivity index (χ4v) is 2.78. The maximum atomic E-state index is 11.8. The summed E-state index contributed by atoms with van der Waals surface area (Å²) in [5.41, 5.74) is 0.731. The number of phenolic OH excluding ortho intramolecular Hbond substituents is 1. The lowest BCUT2D eigenvalue weighted by atomic mass is 10.2. The topological polar surface area (TPSA) is 49.8 Å². The molecule has 1 aliphatic rings. The highest BCUT2D eigenvalue weighted by atomic mass is 32.2. The summed E-state index contributed by atoms with van der Waals surface area (Å²) in [6.45, 7) is 2.33. The van der Waals surface area contributed by atoms with E-state index in [1.54, 1.807) is 31.3 Å². The van der Waals surface area contributed by atoms with Gasteiger partial charge in [-0.15, -0.1) is 0 Å². The molecule has 1 aliphatic heterocycles. The second-order valence-electron chi connectivity index (χ2n) is 3.90. The van der Waals surface area contributed by atoms with Crippen LogP contribution in [0.25, 0.3) is 6.08 Å². The number of rotatable bonds is 3. The number of thioether (sulfide) groups is 1. The number of benzene rings is 1. The molecule has 6 heteroatoms. The van der Waals surface area contributed by atoms with Gasteiger partial charge < -0.3 is 9.84 Å². The largest absolute Gasteiger partial charge is 0.504 e. The van der Waals surface area contributed by atoms with Crippen molar-refractivity contribution in [1.29, 1.82) is 0 Å². The molecule has 1 amide bonds. The number of phenols is 1. The molecule has 0 spiro atoms. The standard InChI is InChI=1S/C13H13NO3S2/c1-3-17-10-5-4-8(6-9(10)15)7-11-12(16)14(2)13(18)19-11/h4-7,15H,3H2,1-2H3/b11-7-. The predicted molar refractivity (Wildman–Crippen MR) is 80.2 cm³/mol. The molecule has 19 heavy (non-hydrogen) atoms. The number of amides is 1. The van der Waals surface area contributed by atoms with Gasteiger partial charge in [0.2, 0.25) is 0 Å². The van der Waals surface area contributed by atoms with Gasteiger partial charge in [-0.3, -0.25) is 9.69 Å². The minimum atomic E-state index is -0.122. The van der Waals surface area contributed by atoms with Crippen LogP contribution in [-0.4, -0.2) is 33.9 Å². The van der Waals surface area contributed by atoms with Crippen molar-refractivity contribution in [3.63, 3.8) is 0 Å². The number of hydrogen-bond acceptors (Lipinski definition) is 5. The molecule has 1 aromatic carbocycles. The van der Waals surface area contributed by atoms with Crippen LogP contribution in [0.15, 0.2) is 23.1 Å². The van der Waals surface area contributed by atoms with Gasteiger partial charge in [-0.05, 0) is 30.7 Å². The molecule has 1 fully saturated rings. The molecule has 0 radical (unpaired) electrons. The molecule has 0 saturated carbocycles. The summed E-state index contributed by atoms with van der Waals surface area (Å²) in [6, 6.07) is 5.03. The van der Waals surface area contributed by atoms with Crippen molar-refractivity contribution in [3.05, 3.63) is 28.7 Å². The molecule has 0 bridgehead atoms. The fourth-order valence-electron chi connectivity index (χ4n) is 1.60. The third-order valence-corrected chi connectivity index (χ3v) is 4.05. The van der Waals surface area contributed by atoms with Crippen LogP contribution in [-0.2, 0) is 4.79 Å². The Morgan fingerprint density at radius 2 is 2.26 bits per heavy atom. The maximum Gasteiger partial charge on any atom is 0.265 e. The van der Waals surface area contributed by atoms with Gasteiger partial charge in [0.25, 0.3) is 5.91 Å². The highest BCUT2D eigenvalue weighted by Crippen LogP contribution is 2.33. The molecule has 0 aliphatic carbocycles. The number of nitrogens with zero attached hydrogens (tertiary/aromatic N) is 1. The van der Waals surface area contributed by atoms with Crippen LogP contribution in [0.3, 0.4) is 0 Å². The van der Waals surface area contributed by atoms with E-state index in [1.165, 1.54) is 16.7 Å². The summed E-state index contributed by atoms with van der Waals surface area (Å²) < 4.78 is 5.78. The first-order chi connectivity index (χ1) is 9.02. The lowest BCUT2D eigenvalue weighted by Gasteiger charge is -2.06. The van der Waals surface area contributed by atoms with Gasteiger partial charge in [0.05, 0.1) is 11.5 Å². The Labute approximate surface area is 121 Å². The Hall–Kier alpha value is -1.53. The number of carbonyl (C=O) groups is 1. The van der Waals surface area contributed by atoms with Gasteiger partial charge in [0.15, 0.2) is 11.5 Å². The number of ether oxygens (including phenoxy) is 1. The molecule has 1 heterocycles. The van der Waals surface area contributed by atoms with Crippen molar-refractivity contribution in [2.45, 2.75) is 6.92 Å². The van der Waals surface area contributed by atoms with E-state index in [9.17, 15) is 9.90 Å². The Balaban J connectivity index is 2.27. The molecule has 0 unspecified atom stereocenters. The van der Waals surface area contributed by atoms with Crippen LogP contribution in [0.4, 0.5) is 0 Å². The number of aromatic hydroxyl groups is 1. The number of carbonyl (C=O) groups excluding carboxylic acids is 1.